The lowest BCUT2D eigenvalue weighted by Gasteiger charge is -2.11. The summed E-state index contributed by atoms with van der Waals surface area (Å²) in [5.41, 5.74) is 1.89. The van der Waals surface area contributed by atoms with Gasteiger partial charge in [-0.15, -0.1) is 0 Å². The predicted octanol–water partition coefficient (Wildman–Crippen LogP) is 1.87. The number of aliphatic hydroxyl groups excluding tert-OH is 1. The van der Waals surface area contributed by atoms with Crippen LogP contribution < -0.4 is 0 Å². The van der Waals surface area contributed by atoms with Crippen molar-refractivity contribution >= 4 is 0 Å². The minimum Gasteiger partial charge on any atom is -0.380 e. The van der Waals surface area contributed by atoms with Gasteiger partial charge in [-0.25, -0.2) is 9.97 Å². The van der Waals surface area contributed by atoms with Crippen molar-refractivity contribution < 1.29 is 5.11 Å². The van der Waals surface area contributed by atoms with Crippen molar-refractivity contribution in [2.45, 2.75) is 13.0 Å². The minimum atomic E-state index is -0.743. The largest absolute Gasteiger partial charge is 0.380 e. The maximum atomic E-state index is 10.0. The Labute approximate surface area is 88.5 Å². The molecule has 0 spiro atoms. The third-order valence-corrected chi connectivity index (χ3v) is 2.31. The summed E-state index contributed by atoms with van der Waals surface area (Å²) in [5.74, 6) is 0.437. The van der Waals surface area contributed by atoms with E-state index < -0.39 is 6.10 Å². The molecule has 15 heavy (non-hydrogen) atoms. The number of benzene rings is 1. The first kappa shape index (κ1) is 9.80. The van der Waals surface area contributed by atoms with Crippen molar-refractivity contribution in [2.75, 3.05) is 0 Å². The van der Waals surface area contributed by atoms with E-state index in [0.717, 1.165) is 11.1 Å². The third-order valence-electron chi connectivity index (χ3n) is 2.31. The molecule has 0 bridgehead atoms. The van der Waals surface area contributed by atoms with E-state index in [4.69, 9.17) is 0 Å². The van der Waals surface area contributed by atoms with Crippen LogP contribution in [-0.2, 0) is 0 Å². The fraction of sp³-hybridized carbons (Fsp3) is 0.167. The van der Waals surface area contributed by atoms with Gasteiger partial charge in [-0.1, -0.05) is 24.3 Å². The molecule has 2 rings (SSSR count). The van der Waals surface area contributed by atoms with E-state index in [9.17, 15) is 5.11 Å². The molecule has 0 amide bonds. The highest BCUT2D eigenvalue weighted by Crippen LogP contribution is 2.21. The highest BCUT2D eigenvalue weighted by molar-refractivity contribution is 5.30. The zero-order valence-corrected chi connectivity index (χ0v) is 8.46. The molecule has 1 N–H and O–H groups in total. The van der Waals surface area contributed by atoms with Gasteiger partial charge in [0, 0.05) is 12.4 Å². The van der Waals surface area contributed by atoms with Gasteiger partial charge in [-0.05, 0) is 24.1 Å². The van der Waals surface area contributed by atoms with Gasteiger partial charge in [0.2, 0.25) is 0 Å². The van der Waals surface area contributed by atoms with Crippen molar-refractivity contribution in [1.82, 2.24) is 9.97 Å². The van der Waals surface area contributed by atoms with Crippen LogP contribution in [0.3, 0.4) is 0 Å². The van der Waals surface area contributed by atoms with Crippen molar-refractivity contribution in [3.8, 4) is 0 Å². The second-order valence-electron chi connectivity index (χ2n) is 3.37. The van der Waals surface area contributed by atoms with E-state index in [0.29, 0.717) is 5.82 Å². The van der Waals surface area contributed by atoms with Gasteiger partial charge in [0.25, 0.3) is 0 Å². The number of aliphatic hydroxyl groups is 1. The zero-order chi connectivity index (χ0) is 10.7. The number of hydrogen-bond donors (Lipinski definition) is 1. The Balaban J connectivity index is 2.37. The molecule has 3 heteroatoms. The Morgan fingerprint density at radius 3 is 2.40 bits per heavy atom. The van der Waals surface area contributed by atoms with Gasteiger partial charge in [-0.2, -0.15) is 0 Å². The molecule has 0 aliphatic rings. The van der Waals surface area contributed by atoms with Crippen LogP contribution in [0.25, 0.3) is 0 Å². The Hall–Kier alpha value is -1.74. The maximum Gasteiger partial charge on any atom is 0.161 e. The summed E-state index contributed by atoms with van der Waals surface area (Å²) in [6, 6.07) is 9.41. The Kier molecular flexibility index (Phi) is 2.74. The van der Waals surface area contributed by atoms with Gasteiger partial charge in [0.1, 0.15) is 6.10 Å². The Bertz CT molecular complexity index is 442. The van der Waals surface area contributed by atoms with Crippen molar-refractivity contribution in [3.05, 3.63) is 59.7 Å². The number of aryl methyl sites for hydroxylation is 1. The van der Waals surface area contributed by atoms with Gasteiger partial charge < -0.3 is 5.11 Å². The highest BCUT2D eigenvalue weighted by Gasteiger charge is 2.14. The van der Waals surface area contributed by atoms with Crippen molar-refractivity contribution in [3.63, 3.8) is 0 Å². The Morgan fingerprint density at radius 1 is 1.07 bits per heavy atom. The summed E-state index contributed by atoms with van der Waals surface area (Å²) in [6.45, 7) is 1.96. The quantitative estimate of drug-likeness (QED) is 0.804. The van der Waals surface area contributed by atoms with Crippen LogP contribution in [0.15, 0.2) is 42.7 Å². The standard InChI is InChI=1S/C12H12N2O/c1-9-5-2-3-6-10(9)11(15)12-13-7-4-8-14-12/h2-8,11,15H,1H3/t11-/m0/s1. The molecule has 0 unspecified atom stereocenters. The monoisotopic (exact) mass is 200 g/mol. The van der Waals surface area contributed by atoms with Gasteiger partial charge in [-0.3, -0.25) is 0 Å². The second kappa shape index (κ2) is 4.19. The number of hydrogen-bond acceptors (Lipinski definition) is 3. The summed E-state index contributed by atoms with van der Waals surface area (Å²) in [5, 5.41) is 10.0. The van der Waals surface area contributed by atoms with Crippen LogP contribution in [0.5, 0.6) is 0 Å². The topological polar surface area (TPSA) is 46.0 Å². The molecule has 0 radical (unpaired) electrons. The van der Waals surface area contributed by atoms with Gasteiger partial charge in [0.15, 0.2) is 5.82 Å². The third kappa shape index (κ3) is 2.02. The first-order valence-electron chi connectivity index (χ1n) is 4.79. The summed E-state index contributed by atoms with van der Waals surface area (Å²) < 4.78 is 0. The molecule has 0 aliphatic carbocycles. The lowest BCUT2D eigenvalue weighted by Crippen LogP contribution is -2.05. The average molecular weight is 200 g/mol. The molecule has 0 fully saturated rings. The fourth-order valence-electron chi connectivity index (χ4n) is 1.48. The molecular formula is C12H12N2O. The minimum absolute atomic E-state index is 0.437. The van der Waals surface area contributed by atoms with Crippen molar-refractivity contribution in [2.24, 2.45) is 0 Å². The van der Waals surface area contributed by atoms with Crippen LogP contribution >= 0.6 is 0 Å². The molecule has 0 saturated carbocycles. The predicted molar refractivity (Wildman–Crippen MR) is 57.3 cm³/mol. The summed E-state index contributed by atoms with van der Waals surface area (Å²) in [4.78, 5) is 8.07. The molecule has 76 valence electrons. The lowest BCUT2D eigenvalue weighted by atomic mass is 10.0. The summed E-state index contributed by atoms with van der Waals surface area (Å²) >= 11 is 0. The molecule has 2 aromatic rings. The second-order valence-corrected chi connectivity index (χ2v) is 3.37. The summed E-state index contributed by atoms with van der Waals surface area (Å²) in [7, 11) is 0. The molecule has 3 nitrogen and oxygen atoms in total. The zero-order valence-electron chi connectivity index (χ0n) is 8.46. The van der Waals surface area contributed by atoms with Crippen LogP contribution in [0.2, 0.25) is 0 Å². The van der Waals surface area contributed by atoms with Crippen molar-refractivity contribution in [1.29, 1.82) is 0 Å². The summed E-state index contributed by atoms with van der Waals surface area (Å²) in [6.07, 6.45) is 2.51. The van der Waals surface area contributed by atoms with E-state index in [1.54, 1.807) is 18.5 Å². The van der Waals surface area contributed by atoms with Crippen LogP contribution in [0.1, 0.15) is 23.1 Å². The molecule has 1 atom stereocenters. The molecule has 0 saturated heterocycles. The van der Waals surface area contributed by atoms with E-state index in [2.05, 4.69) is 9.97 Å². The van der Waals surface area contributed by atoms with Gasteiger partial charge >= 0.3 is 0 Å². The van der Waals surface area contributed by atoms with Crippen LogP contribution in [-0.4, -0.2) is 15.1 Å². The Morgan fingerprint density at radius 2 is 1.73 bits per heavy atom. The average Bonchev–Trinajstić information content (AvgIpc) is 2.30. The maximum absolute atomic E-state index is 10.0. The van der Waals surface area contributed by atoms with E-state index in [1.165, 1.54) is 0 Å². The smallest absolute Gasteiger partial charge is 0.161 e. The molecule has 0 aliphatic heterocycles. The molecule has 1 aromatic heterocycles. The SMILES string of the molecule is Cc1ccccc1[C@H](O)c1ncccn1. The van der Waals surface area contributed by atoms with Crippen LogP contribution in [0.4, 0.5) is 0 Å². The highest BCUT2D eigenvalue weighted by atomic mass is 16.3. The fourth-order valence-corrected chi connectivity index (χ4v) is 1.48. The normalized spacial score (nSPS) is 12.4. The number of nitrogens with zero attached hydrogens (tertiary/aromatic N) is 2. The molecule has 1 aromatic carbocycles. The van der Waals surface area contributed by atoms with Crippen LogP contribution in [0, 0.1) is 6.92 Å². The van der Waals surface area contributed by atoms with E-state index in [-0.39, 0.29) is 0 Å². The molecule has 1 heterocycles. The lowest BCUT2D eigenvalue weighted by molar-refractivity contribution is 0.209. The molecular weight excluding hydrogens is 188 g/mol. The van der Waals surface area contributed by atoms with E-state index in [1.807, 2.05) is 31.2 Å². The number of aromatic nitrogens is 2. The number of rotatable bonds is 2. The van der Waals surface area contributed by atoms with E-state index >= 15 is 0 Å². The van der Waals surface area contributed by atoms with Gasteiger partial charge in [0.05, 0.1) is 0 Å². The first-order valence-corrected chi connectivity index (χ1v) is 4.79. The first-order chi connectivity index (χ1) is 7.29.